The number of benzene rings is 2. The zero-order valence-corrected chi connectivity index (χ0v) is 14.5. The second-order valence-corrected chi connectivity index (χ2v) is 6.48. The van der Waals surface area contributed by atoms with E-state index in [1.54, 1.807) is 24.3 Å². The number of hydrogen-bond acceptors (Lipinski definition) is 4. The summed E-state index contributed by atoms with van der Waals surface area (Å²) < 4.78 is 0. The van der Waals surface area contributed by atoms with Crippen molar-refractivity contribution >= 4 is 23.6 Å². The minimum atomic E-state index is -0.383. The third-order valence-electron chi connectivity index (χ3n) is 3.38. The maximum Gasteiger partial charge on any atom is 0.251 e. The Morgan fingerprint density at radius 2 is 1.64 bits per heavy atom. The standard InChI is InChI=1S/C19H19N3O2S/c20-12-14-22-19(24)17(25-16-9-5-2-6-10-16)11-13-21-18(23)15-7-3-1-4-8-15/h1-10,17H,11,13-14H2,(H,21,23)(H,22,24). The van der Waals surface area contributed by atoms with Crippen LogP contribution < -0.4 is 10.6 Å². The number of carbonyl (C=O) groups excluding carboxylic acids is 2. The van der Waals surface area contributed by atoms with E-state index < -0.39 is 0 Å². The van der Waals surface area contributed by atoms with Gasteiger partial charge in [0.2, 0.25) is 5.91 Å². The number of hydrogen-bond donors (Lipinski definition) is 2. The summed E-state index contributed by atoms with van der Waals surface area (Å²) >= 11 is 1.42. The fourth-order valence-corrected chi connectivity index (χ4v) is 3.22. The lowest BCUT2D eigenvalue weighted by Gasteiger charge is -2.16. The fraction of sp³-hybridized carbons (Fsp3) is 0.211. The molecule has 5 nitrogen and oxygen atoms in total. The Hall–Kier alpha value is -2.78. The van der Waals surface area contributed by atoms with Crippen LogP contribution in [0.4, 0.5) is 0 Å². The van der Waals surface area contributed by atoms with Gasteiger partial charge in [-0.3, -0.25) is 9.59 Å². The topological polar surface area (TPSA) is 82.0 Å². The minimum Gasteiger partial charge on any atom is -0.352 e. The average Bonchev–Trinajstić information content (AvgIpc) is 2.66. The van der Waals surface area contributed by atoms with E-state index in [1.165, 1.54) is 11.8 Å². The van der Waals surface area contributed by atoms with Crippen LogP contribution in [-0.2, 0) is 4.79 Å². The molecule has 1 unspecified atom stereocenters. The predicted octanol–water partition coefficient (Wildman–Crippen LogP) is 2.61. The first-order valence-corrected chi connectivity index (χ1v) is 8.78. The van der Waals surface area contributed by atoms with Crippen molar-refractivity contribution in [2.24, 2.45) is 0 Å². The van der Waals surface area contributed by atoms with Crippen LogP contribution in [0, 0.1) is 11.3 Å². The summed E-state index contributed by atoms with van der Waals surface area (Å²) in [6.07, 6.45) is 0.468. The molecule has 2 rings (SSSR count). The van der Waals surface area contributed by atoms with Crippen LogP contribution in [0.2, 0.25) is 0 Å². The molecular formula is C19H19N3O2S. The molecule has 128 valence electrons. The van der Waals surface area contributed by atoms with Crippen LogP contribution in [0.5, 0.6) is 0 Å². The highest BCUT2D eigenvalue weighted by Gasteiger charge is 2.19. The zero-order chi connectivity index (χ0) is 17.9. The predicted molar refractivity (Wildman–Crippen MR) is 98.1 cm³/mol. The van der Waals surface area contributed by atoms with Gasteiger partial charge in [-0.15, -0.1) is 11.8 Å². The number of thioether (sulfide) groups is 1. The van der Waals surface area contributed by atoms with Crippen molar-refractivity contribution in [3.8, 4) is 6.07 Å². The summed E-state index contributed by atoms with van der Waals surface area (Å²) in [5.41, 5.74) is 0.587. The highest BCUT2D eigenvalue weighted by Crippen LogP contribution is 2.25. The van der Waals surface area contributed by atoms with Crippen LogP contribution in [0.25, 0.3) is 0 Å². The lowest BCUT2D eigenvalue weighted by atomic mass is 10.2. The van der Waals surface area contributed by atoms with E-state index >= 15 is 0 Å². The van der Waals surface area contributed by atoms with Gasteiger partial charge >= 0.3 is 0 Å². The largest absolute Gasteiger partial charge is 0.352 e. The SMILES string of the molecule is N#CCNC(=O)C(CCNC(=O)c1ccccc1)Sc1ccccc1. The molecule has 2 amide bonds. The second kappa shape index (κ2) is 10.2. The Morgan fingerprint density at radius 3 is 2.28 bits per heavy atom. The Labute approximate surface area is 151 Å². The molecule has 0 bridgehead atoms. The summed E-state index contributed by atoms with van der Waals surface area (Å²) in [4.78, 5) is 25.3. The molecule has 6 heteroatoms. The first-order valence-electron chi connectivity index (χ1n) is 7.90. The molecule has 0 spiro atoms. The van der Waals surface area contributed by atoms with Gasteiger partial charge in [0.1, 0.15) is 6.54 Å². The van der Waals surface area contributed by atoms with Crippen molar-refractivity contribution in [2.45, 2.75) is 16.6 Å². The number of carbonyl (C=O) groups is 2. The maximum absolute atomic E-state index is 12.3. The van der Waals surface area contributed by atoms with Gasteiger partial charge in [-0.05, 0) is 30.7 Å². The molecule has 0 fully saturated rings. The molecule has 0 aromatic heterocycles. The summed E-state index contributed by atoms with van der Waals surface area (Å²) in [5.74, 6) is -0.370. The van der Waals surface area contributed by atoms with Crippen LogP contribution >= 0.6 is 11.8 Å². The Balaban J connectivity index is 1.92. The van der Waals surface area contributed by atoms with Gasteiger partial charge in [0.15, 0.2) is 0 Å². The van der Waals surface area contributed by atoms with Crippen molar-refractivity contribution < 1.29 is 9.59 Å². The van der Waals surface area contributed by atoms with Crippen LogP contribution in [-0.4, -0.2) is 30.2 Å². The lowest BCUT2D eigenvalue weighted by molar-refractivity contribution is -0.120. The normalized spacial score (nSPS) is 11.2. The molecule has 2 aromatic carbocycles. The van der Waals surface area contributed by atoms with E-state index in [-0.39, 0.29) is 23.6 Å². The molecule has 0 saturated heterocycles. The molecule has 2 N–H and O–H groups in total. The van der Waals surface area contributed by atoms with Gasteiger partial charge in [-0.25, -0.2) is 0 Å². The summed E-state index contributed by atoms with van der Waals surface area (Å²) in [5, 5.41) is 13.7. The minimum absolute atomic E-state index is 0.0267. The van der Waals surface area contributed by atoms with Crippen LogP contribution in [0.1, 0.15) is 16.8 Å². The van der Waals surface area contributed by atoms with Gasteiger partial charge in [0.25, 0.3) is 5.91 Å². The van der Waals surface area contributed by atoms with Gasteiger partial charge in [-0.1, -0.05) is 36.4 Å². The number of nitriles is 1. The first-order chi connectivity index (χ1) is 12.2. The van der Waals surface area contributed by atoms with Crippen LogP contribution in [0.3, 0.4) is 0 Å². The first kappa shape index (κ1) is 18.6. The van der Waals surface area contributed by atoms with Crippen LogP contribution in [0.15, 0.2) is 65.6 Å². The molecular weight excluding hydrogens is 334 g/mol. The van der Waals surface area contributed by atoms with E-state index in [2.05, 4.69) is 10.6 Å². The van der Waals surface area contributed by atoms with E-state index in [4.69, 9.17) is 5.26 Å². The van der Waals surface area contributed by atoms with E-state index in [0.717, 1.165) is 4.90 Å². The number of amides is 2. The molecule has 1 atom stereocenters. The molecule has 2 aromatic rings. The van der Waals surface area contributed by atoms with E-state index in [1.807, 2.05) is 42.5 Å². The van der Waals surface area contributed by atoms with Gasteiger partial charge in [-0.2, -0.15) is 5.26 Å². The quantitative estimate of drug-likeness (QED) is 0.564. The van der Waals surface area contributed by atoms with Crippen molar-refractivity contribution in [1.82, 2.24) is 10.6 Å². The molecule has 0 saturated carbocycles. The van der Waals surface area contributed by atoms with Crippen molar-refractivity contribution in [3.63, 3.8) is 0 Å². The number of nitrogens with one attached hydrogen (secondary N) is 2. The van der Waals surface area contributed by atoms with Gasteiger partial charge in [0, 0.05) is 17.0 Å². The van der Waals surface area contributed by atoms with E-state index in [0.29, 0.717) is 18.5 Å². The van der Waals surface area contributed by atoms with Gasteiger partial charge in [0.05, 0.1) is 11.3 Å². The molecule has 0 heterocycles. The highest BCUT2D eigenvalue weighted by atomic mass is 32.2. The average molecular weight is 353 g/mol. The highest BCUT2D eigenvalue weighted by molar-refractivity contribution is 8.00. The molecule has 25 heavy (non-hydrogen) atoms. The smallest absolute Gasteiger partial charge is 0.251 e. The number of nitrogens with zero attached hydrogens (tertiary/aromatic N) is 1. The Kier molecular flexibility index (Phi) is 7.54. The van der Waals surface area contributed by atoms with Gasteiger partial charge < -0.3 is 10.6 Å². The molecule has 0 aliphatic heterocycles. The summed E-state index contributed by atoms with van der Waals surface area (Å²) in [6.45, 7) is 0.346. The lowest BCUT2D eigenvalue weighted by Crippen LogP contribution is -2.36. The third kappa shape index (κ3) is 6.32. The molecule has 0 aliphatic rings. The monoisotopic (exact) mass is 353 g/mol. The summed E-state index contributed by atoms with van der Waals surface area (Å²) in [6, 6.07) is 20.4. The van der Waals surface area contributed by atoms with Crippen molar-refractivity contribution in [2.75, 3.05) is 13.1 Å². The third-order valence-corrected chi connectivity index (χ3v) is 4.66. The molecule has 0 aliphatic carbocycles. The van der Waals surface area contributed by atoms with E-state index in [9.17, 15) is 9.59 Å². The Bertz CT molecular complexity index is 729. The second-order valence-electron chi connectivity index (χ2n) is 5.21. The van der Waals surface area contributed by atoms with Crippen molar-refractivity contribution in [1.29, 1.82) is 5.26 Å². The van der Waals surface area contributed by atoms with Crippen molar-refractivity contribution in [3.05, 3.63) is 66.2 Å². The zero-order valence-electron chi connectivity index (χ0n) is 13.6. The molecule has 0 radical (unpaired) electrons. The fourth-order valence-electron chi connectivity index (χ4n) is 2.16. The summed E-state index contributed by atoms with van der Waals surface area (Å²) in [7, 11) is 0. The Morgan fingerprint density at radius 1 is 1.00 bits per heavy atom. The maximum atomic E-state index is 12.3. The number of rotatable bonds is 8.